The summed E-state index contributed by atoms with van der Waals surface area (Å²) in [6.45, 7) is 4.87. The Balaban J connectivity index is 2.45. The van der Waals surface area contributed by atoms with Crippen LogP contribution in [0.25, 0.3) is 0 Å². The van der Waals surface area contributed by atoms with E-state index in [2.05, 4.69) is 12.0 Å². The predicted molar refractivity (Wildman–Crippen MR) is 48.2 cm³/mol. The SMILES string of the molecule is CCCCCn1nc(C)cc1O. The van der Waals surface area contributed by atoms with Gasteiger partial charge in [0.1, 0.15) is 0 Å². The van der Waals surface area contributed by atoms with Crippen molar-refractivity contribution in [2.75, 3.05) is 0 Å². The van der Waals surface area contributed by atoms with Gasteiger partial charge in [-0.05, 0) is 13.3 Å². The molecule has 0 aliphatic heterocycles. The van der Waals surface area contributed by atoms with Gasteiger partial charge in [-0.2, -0.15) is 5.10 Å². The fourth-order valence-electron chi connectivity index (χ4n) is 1.21. The van der Waals surface area contributed by atoms with Crippen molar-refractivity contribution in [1.82, 2.24) is 9.78 Å². The van der Waals surface area contributed by atoms with E-state index in [1.165, 1.54) is 12.8 Å². The second-order valence-electron chi connectivity index (χ2n) is 3.07. The summed E-state index contributed by atoms with van der Waals surface area (Å²) in [7, 11) is 0. The largest absolute Gasteiger partial charge is 0.493 e. The fraction of sp³-hybridized carbons (Fsp3) is 0.667. The third-order valence-electron chi connectivity index (χ3n) is 1.85. The van der Waals surface area contributed by atoms with Gasteiger partial charge >= 0.3 is 0 Å². The predicted octanol–water partition coefficient (Wildman–Crippen LogP) is 2.09. The number of aryl methyl sites for hydroxylation is 2. The minimum absolute atomic E-state index is 0.281. The number of hydrogen-bond donors (Lipinski definition) is 1. The third kappa shape index (κ3) is 2.26. The average Bonchev–Trinajstić information content (AvgIpc) is 2.31. The Morgan fingerprint density at radius 2 is 2.25 bits per heavy atom. The Morgan fingerprint density at radius 3 is 2.75 bits per heavy atom. The highest BCUT2D eigenvalue weighted by Crippen LogP contribution is 2.11. The average molecular weight is 168 g/mol. The van der Waals surface area contributed by atoms with Crippen LogP contribution < -0.4 is 0 Å². The van der Waals surface area contributed by atoms with Crippen LogP contribution in [-0.2, 0) is 6.54 Å². The van der Waals surface area contributed by atoms with Crippen molar-refractivity contribution in [2.24, 2.45) is 0 Å². The molecule has 0 atom stereocenters. The van der Waals surface area contributed by atoms with Crippen LogP contribution in [0.3, 0.4) is 0 Å². The van der Waals surface area contributed by atoms with E-state index in [4.69, 9.17) is 0 Å². The first kappa shape index (κ1) is 9.10. The Bertz CT molecular complexity index is 243. The van der Waals surface area contributed by atoms with Gasteiger partial charge in [0.05, 0.1) is 5.69 Å². The van der Waals surface area contributed by atoms with Gasteiger partial charge in [0.2, 0.25) is 5.88 Å². The molecule has 0 radical (unpaired) electrons. The molecule has 68 valence electrons. The molecule has 0 bridgehead atoms. The highest BCUT2D eigenvalue weighted by molar-refractivity contribution is 5.12. The Labute approximate surface area is 73.0 Å². The molecule has 12 heavy (non-hydrogen) atoms. The van der Waals surface area contributed by atoms with Crippen LogP contribution in [0, 0.1) is 6.92 Å². The Morgan fingerprint density at radius 1 is 1.50 bits per heavy atom. The fourth-order valence-corrected chi connectivity index (χ4v) is 1.21. The minimum Gasteiger partial charge on any atom is -0.493 e. The summed E-state index contributed by atoms with van der Waals surface area (Å²) >= 11 is 0. The lowest BCUT2D eigenvalue weighted by molar-refractivity contribution is 0.391. The maximum Gasteiger partial charge on any atom is 0.209 e. The van der Waals surface area contributed by atoms with Crippen molar-refractivity contribution in [1.29, 1.82) is 0 Å². The zero-order valence-electron chi connectivity index (χ0n) is 7.75. The quantitative estimate of drug-likeness (QED) is 0.699. The lowest BCUT2D eigenvalue weighted by Gasteiger charge is -2.00. The van der Waals surface area contributed by atoms with Crippen molar-refractivity contribution in [3.63, 3.8) is 0 Å². The lowest BCUT2D eigenvalue weighted by Crippen LogP contribution is -1.99. The van der Waals surface area contributed by atoms with Crippen molar-refractivity contribution < 1.29 is 5.11 Å². The van der Waals surface area contributed by atoms with E-state index in [0.717, 1.165) is 18.7 Å². The van der Waals surface area contributed by atoms with Crippen LogP contribution in [0.5, 0.6) is 5.88 Å². The van der Waals surface area contributed by atoms with Crippen LogP contribution in [0.1, 0.15) is 31.9 Å². The molecular weight excluding hydrogens is 152 g/mol. The molecule has 0 aliphatic carbocycles. The van der Waals surface area contributed by atoms with Gasteiger partial charge in [-0.1, -0.05) is 19.8 Å². The summed E-state index contributed by atoms with van der Waals surface area (Å²) in [5.74, 6) is 0.281. The standard InChI is InChI=1S/C9H16N2O/c1-3-4-5-6-11-9(12)7-8(2)10-11/h7,12H,3-6H2,1-2H3. The lowest BCUT2D eigenvalue weighted by atomic mass is 10.2. The molecule has 0 amide bonds. The molecule has 3 heteroatoms. The van der Waals surface area contributed by atoms with Crippen LogP contribution in [0.2, 0.25) is 0 Å². The van der Waals surface area contributed by atoms with E-state index in [1.54, 1.807) is 10.7 Å². The first-order chi connectivity index (χ1) is 5.74. The van der Waals surface area contributed by atoms with E-state index in [0.29, 0.717) is 0 Å². The summed E-state index contributed by atoms with van der Waals surface area (Å²) in [5.41, 5.74) is 0.879. The van der Waals surface area contributed by atoms with E-state index < -0.39 is 0 Å². The van der Waals surface area contributed by atoms with E-state index in [1.807, 2.05) is 6.92 Å². The number of unbranched alkanes of at least 4 members (excludes halogenated alkanes) is 2. The molecule has 1 rings (SSSR count). The summed E-state index contributed by atoms with van der Waals surface area (Å²) < 4.78 is 1.66. The van der Waals surface area contributed by atoms with Gasteiger partial charge < -0.3 is 5.11 Å². The second-order valence-corrected chi connectivity index (χ2v) is 3.07. The number of hydrogen-bond acceptors (Lipinski definition) is 2. The monoisotopic (exact) mass is 168 g/mol. The van der Waals surface area contributed by atoms with Crippen LogP contribution in [0.4, 0.5) is 0 Å². The maximum atomic E-state index is 9.33. The first-order valence-electron chi connectivity index (χ1n) is 4.47. The number of rotatable bonds is 4. The third-order valence-corrected chi connectivity index (χ3v) is 1.85. The molecule has 1 N–H and O–H groups in total. The molecular formula is C9H16N2O. The van der Waals surface area contributed by atoms with Gasteiger partial charge in [-0.15, -0.1) is 0 Å². The van der Waals surface area contributed by atoms with Crippen LogP contribution >= 0.6 is 0 Å². The van der Waals surface area contributed by atoms with Gasteiger partial charge in [0.15, 0.2) is 0 Å². The minimum atomic E-state index is 0.281. The van der Waals surface area contributed by atoms with Gasteiger partial charge in [0.25, 0.3) is 0 Å². The van der Waals surface area contributed by atoms with E-state index in [-0.39, 0.29) is 5.88 Å². The molecule has 0 spiro atoms. The molecule has 0 fully saturated rings. The van der Waals surface area contributed by atoms with E-state index in [9.17, 15) is 5.11 Å². The molecule has 0 saturated heterocycles. The van der Waals surface area contributed by atoms with Gasteiger partial charge in [-0.25, -0.2) is 4.68 Å². The Hall–Kier alpha value is -0.990. The van der Waals surface area contributed by atoms with Gasteiger partial charge in [0, 0.05) is 12.6 Å². The highest BCUT2D eigenvalue weighted by Gasteiger charge is 2.01. The molecule has 1 heterocycles. The van der Waals surface area contributed by atoms with Crippen LogP contribution in [-0.4, -0.2) is 14.9 Å². The topological polar surface area (TPSA) is 38.0 Å². The summed E-state index contributed by atoms with van der Waals surface area (Å²) in [6, 6.07) is 1.69. The molecule has 3 nitrogen and oxygen atoms in total. The number of aromatic nitrogens is 2. The normalized spacial score (nSPS) is 10.5. The smallest absolute Gasteiger partial charge is 0.209 e. The summed E-state index contributed by atoms with van der Waals surface area (Å²) in [5, 5.41) is 13.5. The van der Waals surface area contributed by atoms with Crippen LogP contribution in [0.15, 0.2) is 6.07 Å². The summed E-state index contributed by atoms with van der Waals surface area (Å²) in [4.78, 5) is 0. The molecule has 0 saturated carbocycles. The maximum absolute atomic E-state index is 9.33. The zero-order chi connectivity index (χ0) is 8.97. The Kier molecular flexibility index (Phi) is 3.14. The molecule has 0 aliphatic rings. The number of aromatic hydroxyl groups is 1. The molecule has 1 aromatic heterocycles. The van der Waals surface area contributed by atoms with Gasteiger partial charge in [-0.3, -0.25) is 0 Å². The van der Waals surface area contributed by atoms with E-state index >= 15 is 0 Å². The number of nitrogens with zero attached hydrogens (tertiary/aromatic N) is 2. The molecule has 1 aromatic rings. The van der Waals surface area contributed by atoms with Crippen molar-refractivity contribution >= 4 is 0 Å². The van der Waals surface area contributed by atoms with Crippen molar-refractivity contribution in [2.45, 2.75) is 39.7 Å². The second kappa shape index (κ2) is 4.14. The zero-order valence-corrected chi connectivity index (χ0v) is 7.75. The van der Waals surface area contributed by atoms with Crippen molar-refractivity contribution in [3.05, 3.63) is 11.8 Å². The molecule has 0 unspecified atom stereocenters. The summed E-state index contributed by atoms with van der Waals surface area (Å²) in [6.07, 6.45) is 3.48. The van der Waals surface area contributed by atoms with Crippen molar-refractivity contribution in [3.8, 4) is 5.88 Å². The molecule has 0 aromatic carbocycles. The highest BCUT2D eigenvalue weighted by atomic mass is 16.3. The first-order valence-corrected chi connectivity index (χ1v) is 4.47.